The number of likely N-dealkylation sites (N-methyl/N-ethyl adjacent to an activating group) is 1. The molecule has 0 aliphatic rings. The molecule has 0 unspecified atom stereocenters. The largest absolute Gasteiger partial charge is 0.461 e. The van der Waals surface area contributed by atoms with E-state index in [0.717, 1.165) is 5.69 Å². The van der Waals surface area contributed by atoms with Crippen molar-refractivity contribution >= 4 is 22.6 Å². The Kier molecular flexibility index (Phi) is 5.75. The van der Waals surface area contributed by atoms with E-state index >= 15 is 0 Å². The number of carbonyl (C=O) groups is 1. The molecule has 0 bridgehead atoms. The number of carbonyl (C=O) groups excluding carboxylic acids is 1. The van der Waals surface area contributed by atoms with Gasteiger partial charge in [-0.2, -0.15) is 0 Å². The molecule has 0 spiro atoms. The Labute approximate surface area is 155 Å². The molecule has 0 amide bonds. The van der Waals surface area contributed by atoms with Crippen LogP contribution in [0.1, 0.15) is 23.1 Å². The number of pyridine rings is 1. The van der Waals surface area contributed by atoms with Crippen LogP contribution in [-0.4, -0.2) is 41.1 Å². The quantitative estimate of drug-likeness (QED) is 0.387. The van der Waals surface area contributed by atoms with E-state index in [-0.39, 0.29) is 12.3 Å². The summed E-state index contributed by atoms with van der Waals surface area (Å²) in [5.41, 5.74) is 1.89. The second-order valence-corrected chi connectivity index (χ2v) is 5.90. The first-order valence-corrected chi connectivity index (χ1v) is 8.59. The maximum atomic E-state index is 13.5. The molecule has 8 heteroatoms. The fourth-order valence-electron chi connectivity index (χ4n) is 2.60. The van der Waals surface area contributed by atoms with Crippen LogP contribution >= 0.6 is 0 Å². The maximum absolute atomic E-state index is 13.5. The molecule has 27 heavy (non-hydrogen) atoms. The van der Waals surface area contributed by atoms with Crippen LogP contribution in [0.15, 0.2) is 52.9 Å². The number of esters is 1. The minimum Gasteiger partial charge on any atom is -0.461 e. The smallest absolute Gasteiger partial charge is 0.357 e. The van der Waals surface area contributed by atoms with Crippen molar-refractivity contribution in [2.45, 2.75) is 13.3 Å². The number of benzene rings is 1. The topological polar surface area (TPSA) is 82.9 Å². The fraction of sp³-hybridized carbons (Fsp3) is 0.263. The zero-order chi connectivity index (χ0) is 19.2. The van der Waals surface area contributed by atoms with Crippen LogP contribution in [0.4, 0.5) is 10.1 Å². The van der Waals surface area contributed by atoms with E-state index < -0.39 is 11.8 Å². The summed E-state index contributed by atoms with van der Waals surface area (Å²) in [7, 11) is 1.78. The molecule has 0 fully saturated rings. The molecule has 2 heterocycles. The number of nitrogens with zero attached hydrogens (tertiary/aromatic N) is 4. The Bertz CT molecular complexity index is 955. The zero-order valence-corrected chi connectivity index (χ0v) is 15.1. The standard InChI is InChI=1S/C19H20FN5O2/c1-3-27-19(26)18-17(15-8-7-13(20)12-16(15)22-18)23-24-25(2)11-9-14-6-4-5-10-21-14/h4-8,10,12,22H,3,9,11H2,1-2H3. The number of hydrogen-bond acceptors (Lipinski definition) is 5. The van der Waals surface area contributed by atoms with Gasteiger partial charge in [-0.25, -0.2) is 9.18 Å². The molecule has 2 aromatic heterocycles. The summed E-state index contributed by atoms with van der Waals surface area (Å²) < 4.78 is 18.6. The van der Waals surface area contributed by atoms with Crippen molar-refractivity contribution < 1.29 is 13.9 Å². The molecular weight excluding hydrogens is 349 g/mol. The number of nitrogens with one attached hydrogen (secondary N) is 1. The summed E-state index contributed by atoms with van der Waals surface area (Å²) in [5, 5.41) is 10.6. The lowest BCUT2D eigenvalue weighted by molar-refractivity contribution is 0.0521. The lowest BCUT2D eigenvalue weighted by Crippen LogP contribution is -2.14. The number of fused-ring (bicyclic) bond motifs is 1. The lowest BCUT2D eigenvalue weighted by Gasteiger charge is -2.10. The molecule has 0 saturated carbocycles. The van der Waals surface area contributed by atoms with Crippen LogP contribution in [-0.2, 0) is 11.2 Å². The average molecular weight is 369 g/mol. The highest BCUT2D eigenvalue weighted by Gasteiger charge is 2.19. The summed E-state index contributed by atoms with van der Waals surface area (Å²) in [6.45, 7) is 2.54. The van der Waals surface area contributed by atoms with Gasteiger partial charge in [-0.3, -0.25) is 9.99 Å². The Hall–Kier alpha value is -3.29. The normalized spacial score (nSPS) is 11.2. The Morgan fingerprint density at radius 1 is 1.33 bits per heavy atom. The van der Waals surface area contributed by atoms with E-state index in [1.165, 1.54) is 12.1 Å². The van der Waals surface area contributed by atoms with E-state index in [4.69, 9.17) is 4.74 Å². The highest BCUT2D eigenvalue weighted by atomic mass is 19.1. The average Bonchev–Trinajstić information content (AvgIpc) is 3.03. The first-order valence-electron chi connectivity index (χ1n) is 8.59. The SMILES string of the molecule is CCOC(=O)c1[nH]c2cc(F)ccc2c1N=NN(C)CCc1ccccn1. The predicted octanol–water partition coefficient (Wildman–Crippen LogP) is 4.05. The third-order valence-corrected chi connectivity index (χ3v) is 3.93. The minimum absolute atomic E-state index is 0.152. The van der Waals surface area contributed by atoms with E-state index in [2.05, 4.69) is 20.3 Å². The Morgan fingerprint density at radius 2 is 2.19 bits per heavy atom. The number of ether oxygens (including phenoxy) is 1. The number of H-pyrrole nitrogens is 1. The molecule has 1 N–H and O–H groups in total. The van der Waals surface area contributed by atoms with Crippen LogP contribution in [0.3, 0.4) is 0 Å². The first-order chi connectivity index (χ1) is 13.1. The summed E-state index contributed by atoms with van der Waals surface area (Å²) in [4.78, 5) is 19.3. The van der Waals surface area contributed by atoms with Gasteiger partial charge in [-0.05, 0) is 37.3 Å². The van der Waals surface area contributed by atoms with Gasteiger partial charge in [0.15, 0.2) is 5.69 Å². The number of rotatable bonds is 7. The third-order valence-electron chi connectivity index (χ3n) is 3.93. The molecule has 0 aliphatic heterocycles. The summed E-state index contributed by atoms with van der Waals surface area (Å²) in [5.74, 6) is -0.964. The van der Waals surface area contributed by atoms with Crippen molar-refractivity contribution in [1.29, 1.82) is 0 Å². The number of aromatic amines is 1. The van der Waals surface area contributed by atoms with E-state index in [0.29, 0.717) is 29.6 Å². The van der Waals surface area contributed by atoms with Gasteiger partial charge in [-0.15, -0.1) is 5.11 Å². The van der Waals surface area contributed by atoms with Gasteiger partial charge in [0.25, 0.3) is 0 Å². The third kappa shape index (κ3) is 4.46. The van der Waals surface area contributed by atoms with Gasteiger partial charge >= 0.3 is 5.97 Å². The van der Waals surface area contributed by atoms with Gasteiger partial charge < -0.3 is 9.72 Å². The van der Waals surface area contributed by atoms with E-state index in [9.17, 15) is 9.18 Å². The van der Waals surface area contributed by atoms with Crippen molar-refractivity contribution in [2.75, 3.05) is 20.2 Å². The lowest BCUT2D eigenvalue weighted by atomic mass is 10.2. The predicted molar refractivity (Wildman–Crippen MR) is 99.3 cm³/mol. The highest BCUT2D eigenvalue weighted by molar-refractivity contribution is 6.04. The monoisotopic (exact) mass is 369 g/mol. The second-order valence-electron chi connectivity index (χ2n) is 5.90. The zero-order valence-electron chi connectivity index (χ0n) is 15.1. The van der Waals surface area contributed by atoms with Gasteiger partial charge in [0.2, 0.25) is 0 Å². The molecule has 3 aromatic rings. The van der Waals surface area contributed by atoms with Crippen molar-refractivity contribution in [2.24, 2.45) is 10.3 Å². The summed E-state index contributed by atoms with van der Waals surface area (Å²) in [6.07, 6.45) is 2.45. The second kappa shape index (κ2) is 8.39. The molecule has 0 aliphatic carbocycles. The van der Waals surface area contributed by atoms with Gasteiger partial charge in [0.05, 0.1) is 12.1 Å². The molecular formula is C19H20FN5O2. The molecule has 0 atom stereocenters. The van der Waals surface area contributed by atoms with Crippen LogP contribution in [0, 0.1) is 5.82 Å². The summed E-state index contributed by atoms with van der Waals surface area (Å²) >= 11 is 0. The van der Waals surface area contributed by atoms with Crippen LogP contribution in [0.5, 0.6) is 0 Å². The Balaban J connectivity index is 1.82. The van der Waals surface area contributed by atoms with Crippen molar-refractivity contribution in [3.05, 3.63) is 59.8 Å². The number of aromatic nitrogens is 2. The molecule has 1 aromatic carbocycles. The molecule has 140 valence electrons. The van der Waals surface area contributed by atoms with Crippen molar-refractivity contribution in [3.8, 4) is 0 Å². The van der Waals surface area contributed by atoms with Crippen LogP contribution in [0.2, 0.25) is 0 Å². The Morgan fingerprint density at radius 3 is 2.93 bits per heavy atom. The van der Waals surface area contributed by atoms with E-state index in [1.54, 1.807) is 31.2 Å². The fourth-order valence-corrected chi connectivity index (χ4v) is 2.60. The van der Waals surface area contributed by atoms with Crippen LogP contribution < -0.4 is 0 Å². The number of hydrogen-bond donors (Lipinski definition) is 1. The molecule has 0 saturated heterocycles. The van der Waals surface area contributed by atoms with E-state index in [1.807, 2.05) is 18.2 Å². The summed E-state index contributed by atoms with van der Waals surface area (Å²) in [6, 6.07) is 9.92. The number of halogens is 1. The first kappa shape index (κ1) is 18.5. The van der Waals surface area contributed by atoms with Crippen LogP contribution in [0.25, 0.3) is 10.9 Å². The molecule has 3 rings (SSSR count). The van der Waals surface area contributed by atoms with Crippen molar-refractivity contribution in [3.63, 3.8) is 0 Å². The molecule has 7 nitrogen and oxygen atoms in total. The van der Waals surface area contributed by atoms with Gasteiger partial charge in [0, 0.05) is 37.3 Å². The minimum atomic E-state index is -0.556. The maximum Gasteiger partial charge on any atom is 0.357 e. The van der Waals surface area contributed by atoms with Gasteiger partial charge in [-0.1, -0.05) is 11.3 Å². The molecule has 0 radical (unpaired) electrons. The van der Waals surface area contributed by atoms with Gasteiger partial charge in [0.1, 0.15) is 11.5 Å². The highest BCUT2D eigenvalue weighted by Crippen LogP contribution is 2.32. The van der Waals surface area contributed by atoms with Crippen molar-refractivity contribution in [1.82, 2.24) is 15.0 Å².